The van der Waals surface area contributed by atoms with E-state index in [-0.39, 0.29) is 0 Å². The van der Waals surface area contributed by atoms with Gasteiger partial charge in [0.25, 0.3) is 0 Å². The molecule has 3 heteroatoms. The van der Waals surface area contributed by atoms with Crippen LogP contribution in [0.25, 0.3) is 0 Å². The molecule has 76 valence electrons. The average Bonchev–Trinajstić information content (AvgIpc) is 2.97. The van der Waals surface area contributed by atoms with Crippen LogP contribution < -0.4 is 4.90 Å². The fourth-order valence-corrected chi connectivity index (χ4v) is 1.83. The smallest absolute Gasteiger partial charge is 0.131 e. The molecule has 0 spiro atoms. The van der Waals surface area contributed by atoms with Crippen molar-refractivity contribution in [1.29, 1.82) is 0 Å². The van der Waals surface area contributed by atoms with Gasteiger partial charge in [-0.3, -0.25) is 0 Å². The number of nitrogens with zero attached hydrogens (tertiary/aromatic N) is 2. The van der Waals surface area contributed by atoms with Crippen molar-refractivity contribution in [2.45, 2.75) is 32.2 Å². The first-order chi connectivity index (χ1) is 6.81. The van der Waals surface area contributed by atoms with Gasteiger partial charge in [-0.15, -0.1) is 0 Å². The molecule has 1 fully saturated rings. The molecule has 1 aliphatic carbocycles. The lowest BCUT2D eigenvalue weighted by Crippen LogP contribution is -2.27. The van der Waals surface area contributed by atoms with E-state index in [0.717, 1.165) is 18.8 Å². The second kappa shape index (κ2) is 4.18. The lowest BCUT2D eigenvalue weighted by atomic mass is 10.3. The Morgan fingerprint density at radius 3 is 2.86 bits per heavy atom. The van der Waals surface area contributed by atoms with Gasteiger partial charge in [-0.25, -0.2) is 4.98 Å². The molecule has 1 heterocycles. The van der Waals surface area contributed by atoms with Gasteiger partial charge < -0.3 is 4.90 Å². The highest BCUT2D eigenvalue weighted by Gasteiger charge is 2.29. The van der Waals surface area contributed by atoms with Crippen molar-refractivity contribution in [2.24, 2.45) is 0 Å². The van der Waals surface area contributed by atoms with E-state index >= 15 is 0 Å². The van der Waals surface area contributed by atoms with Gasteiger partial charge in [0.15, 0.2) is 0 Å². The van der Waals surface area contributed by atoms with E-state index < -0.39 is 0 Å². The summed E-state index contributed by atoms with van der Waals surface area (Å²) in [5, 5.41) is 0.587. The number of anilines is 1. The van der Waals surface area contributed by atoms with E-state index in [4.69, 9.17) is 11.6 Å². The van der Waals surface area contributed by atoms with Crippen LogP contribution in [0, 0.1) is 0 Å². The Kier molecular flexibility index (Phi) is 2.92. The molecule has 2 rings (SSSR count). The van der Waals surface area contributed by atoms with Crippen LogP contribution in [0.3, 0.4) is 0 Å². The van der Waals surface area contributed by atoms with Gasteiger partial charge in [-0.2, -0.15) is 0 Å². The predicted octanol–water partition coefficient (Wildman–Crippen LogP) is 3.11. The summed E-state index contributed by atoms with van der Waals surface area (Å²) in [6, 6.07) is 6.54. The van der Waals surface area contributed by atoms with E-state index in [1.54, 1.807) is 0 Å². The standard InChI is InChI=1S/C11H15ClN2/c1-2-8-14(9-6-7-9)11-5-3-4-10(12)13-11/h3-5,9H,2,6-8H2,1H3. The zero-order valence-corrected chi connectivity index (χ0v) is 9.17. The molecule has 0 radical (unpaired) electrons. The van der Waals surface area contributed by atoms with Crippen LogP contribution in [0.1, 0.15) is 26.2 Å². The molecule has 0 amide bonds. The van der Waals surface area contributed by atoms with Gasteiger partial charge in [0.05, 0.1) is 0 Å². The zero-order valence-electron chi connectivity index (χ0n) is 8.41. The topological polar surface area (TPSA) is 16.1 Å². The number of hydrogen-bond acceptors (Lipinski definition) is 2. The molecule has 0 aliphatic heterocycles. The largest absolute Gasteiger partial charge is 0.354 e. The summed E-state index contributed by atoms with van der Waals surface area (Å²) in [5.74, 6) is 1.03. The van der Waals surface area contributed by atoms with E-state index in [1.807, 2.05) is 18.2 Å². The first kappa shape index (κ1) is 9.78. The number of hydrogen-bond donors (Lipinski definition) is 0. The monoisotopic (exact) mass is 210 g/mol. The van der Waals surface area contributed by atoms with Crippen molar-refractivity contribution in [3.8, 4) is 0 Å². The molecule has 1 aliphatic rings. The van der Waals surface area contributed by atoms with Crippen LogP contribution in [0.2, 0.25) is 5.15 Å². The lowest BCUT2D eigenvalue weighted by molar-refractivity contribution is 0.751. The SMILES string of the molecule is CCCN(c1cccc(Cl)n1)C1CC1. The maximum Gasteiger partial charge on any atom is 0.131 e. The summed E-state index contributed by atoms with van der Waals surface area (Å²) in [7, 11) is 0. The molecule has 2 nitrogen and oxygen atoms in total. The van der Waals surface area contributed by atoms with Crippen LogP contribution in [-0.4, -0.2) is 17.6 Å². The van der Waals surface area contributed by atoms with Gasteiger partial charge in [-0.05, 0) is 31.4 Å². The number of rotatable bonds is 4. The van der Waals surface area contributed by atoms with Crippen LogP contribution in [0.4, 0.5) is 5.82 Å². The van der Waals surface area contributed by atoms with Crippen LogP contribution in [0.5, 0.6) is 0 Å². The van der Waals surface area contributed by atoms with E-state index in [1.165, 1.54) is 12.8 Å². The minimum atomic E-state index is 0.587. The summed E-state index contributed by atoms with van der Waals surface area (Å²) in [6.07, 6.45) is 3.76. The third-order valence-corrected chi connectivity index (χ3v) is 2.66. The molecule has 1 aromatic heterocycles. The fourth-order valence-electron chi connectivity index (χ4n) is 1.67. The third-order valence-electron chi connectivity index (χ3n) is 2.45. The first-order valence-corrected chi connectivity index (χ1v) is 5.58. The Morgan fingerprint density at radius 2 is 2.29 bits per heavy atom. The second-order valence-corrected chi connectivity index (χ2v) is 4.13. The lowest BCUT2D eigenvalue weighted by Gasteiger charge is -2.22. The maximum atomic E-state index is 5.88. The van der Waals surface area contributed by atoms with Crippen molar-refractivity contribution in [3.05, 3.63) is 23.4 Å². The highest BCUT2D eigenvalue weighted by Crippen LogP contribution is 2.31. The Labute approximate surface area is 89.9 Å². The highest BCUT2D eigenvalue weighted by molar-refractivity contribution is 6.29. The molecule has 1 aromatic rings. The van der Waals surface area contributed by atoms with Gasteiger partial charge in [-0.1, -0.05) is 24.6 Å². The molecule has 0 N–H and O–H groups in total. The van der Waals surface area contributed by atoms with Crippen molar-refractivity contribution < 1.29 is 0 Å². The summed E-state index contributed by atoms with van der Waals surface area (Å²) in [4.78, 5) is 6.71. The van der Waals surface area contributed by atoms with Crippen molar-refractivity contribution in [1.82, 2.24) is 4.98 Å². The summed E-state index contributed by atoms with van der Waals surface area (Å²) < 4.78 is 0. The van der Waals surface area contributed by atoms with Crippen molar-refractivity contribution >= 4 is 17.4 Å². The van der Waals surface area contributed by atoms with Gasteiger partial charge >= 0.3 is 0 Å². The van der Waals surface area contributed by atoms with Crippen LogP contribution in [0.15, 0.2) is 18.2 Å². The Morgan fingerprint density at radius 1 is 1.50 bits per heavy atom. The average molecular weight is 211 g/mol. The summed E-state index contributed by atoms with van der Waals surface area (Å²) in [5.41, 5.74) is 0. The number of pyridine rings is 1. The van der Waals surface area contributed by atoms with Crippen LogP contribution >= 0.6 is 11.6 Å². The Balaban J connectivity index is 2.16. The Hall–Kier alpha value is -0.760. The van der Waals surface area contributed by atoms with Crippen molar-refractivity contribution in [2.75, 3.05) is 11.4 Å². The van der Waals surface area contributed by atoms with Crippen molar-refractivity contribution in [3.63, 3.8) is 0 Å². The molecule has 0 atom stereocenters. The molecule has 1 saturated carbocycles. The Bertz CT molecular complexity index is 310. The highest BCUT2D eigenvalue weighted by atomic mass is 35.5. The summed E-state index contributed by atoms with van der Waals surface area (Å²) >= 11 is 5.88. The first-order valence-electron chi connectivity index (χ1n) is 5.20. The number of halogens is 1. The van der Waals surface area contributed by atoms with Crippen LogP contribution in [-0.2, 0) is 0 Å². The fraction of sp³-hybridized carbons (Fsp3) is 0.545. The molecule has 0 unspecified atom stereocenters. The minimum absolute atomic E-state index is 0.587. The van der Waals surface area contributed by atoms with Gasteiger partial charge in [0.2, 0.25) is 0 Å². The minimum Gasteiger partial charge on any atom is -0.354 e. The van der Waals surface area contributed by atoms with E-state index in [2.05, 4.69) is 16.8 Å². The third kappa shape index (κ3) is 2.18. The predicted molar refractivity (Wildman–Crippen MR) is 59.9 cm³/mol. The normalized spacial score (nSPS) is 15.6. The zero-order chi connectivity index (χ0) is 9.97. The molecular weight excluding hydrogens is 196 g/mol. The molecule has 0 bridgehead atoms. The molecular formula is C11H15ClN2. The molecule has 0 saturated heterocycles. The van der Waals surface area contributed by atoms with E-state index in [0.29, 0.717) is 11.2 Å². The van der Waals surface area contributed by atoms with Gasteiger partial charge in [0.1, 0.15) is 11.0 Å². The molecule has 14 heavy (non-hydrogen) atoms. The van der Waals surface area contributed by atoms with Gasteiger partial charge in [0, 0.05) is 12.6 Å². The maximum absolute atomic E-state index is 5.88. The molecule has 0 aromatic carbocycles. The quantitative estimate of drug-likeness (QED) is 0.710. The van der Waals surface area contributed by atoms with E-state index in [9.17, 15) is 0 Å². The number of aromatic nitrogens is 1. The second-order valence-electron chi connectivity index (χ2n) is 3.74. The summed E-state index contributed by atoms with van der Waals surface area (Å²) in [6.45, 7) is 3.28.